The number of hydrogen-bond donors (Lipinski definition) is 2. The van der Waals surface area contributed by atoms with Crippen molar-refractivity contribution in [3.8, 4) is 0 Å². The number of halogens is 2. The van der Waals surface area contributed by atoms with E-state index in [9.17, 15) is 4.79 Å². The number of fused-ring (bicyclic) bond motifs is 1. The minimum Gasteiger partial charge on any atom is -0.303 e. The molecule has 4 unspecified atom stereocenters. The average molecular weight is 483 g/mol. The molecule has 2 aliphatic heterocycles. The molecule has 30 heavy (non-hydrogen) atoms. The Morgan fingerprint density at radius 3 is 2.10 bits per heavy atom. The quantitative estimate of drug-likeness (QED) is 0.530. The monoisotopic (exact) mass is 481 g/mol. The van der Waals surface area contributed by atoms with Gasteiger partial charge >= 0.3 is 0 Å². The number of hydrazine groups is 1. The van der Waals surface area contributed by atoms with Crippen LogP contribution in [0.25, 0.3) is 0 Å². The molecule has 0 saturated carbocycles. The molecule has 6 heteroatoms. The maximum atomic E-state index is 13.5. The van der Waals surface area contributed by atoms with Crippen molar-refractivity contribution in [2.45, 2.75) is 25.0 Å². The van der Waals surface area contributed by atoms with Crippen molar-refractivity contribution < 1.29 is 4.79 Å². The molecular weight excluding hydrogens is 462 g/mol. The molecule has 2 saturated heterocycles. The summed E-state index contributed by atoms with van der Waals surface area (Å²) >= 11 is 9.63. The van der Waals surface area contributed by atoms with Crippen molar-refractivity contribution in [1.82, 2.24) is 10.9 Å². The third kappa shape index (κ3) is 3.36. The van der Waals surface area contributed by atoms with Crippen LogP contribution in [0.15, 0.2) is 77.3 Å². The fraction of sp³-hybridized carbons (Fsp3) is 0.208. The van der Waals surface area contributed by atoms with E-state index in [0.29, 0.717) is 5.02 Å². The van der Waals surface area contributed by atoms with E-state index >= 15 is 0 Å². The van der Waals surface area contributed by atoms with Crippen molar-refractivity contribution in [1.29, 1.82) is 0 Å². The van der Waals surface area contributed by atoms with Crippen LogP contribution in [0.4, 0.5) is 5.69 Å². The first-order valence-corrected chi connectivity index (χ1v) is 11.1. The third-order valence-electron chi connectivity index (χ3n) is 6.06. The number of amides is 1. The number of carbonyl (C=O) groups excluding carboxylic acids is 1. The van der Waals surface area contributed by atoms with Crippen LogP contribution in [0.2, 0.25) is 5.02 Å². The van der Waals surface area contributed by atoms with Crippen molar-refractivity contribution in [3.05, 3.63) is 99.0 Å². The molecule has 2 aliphatic rings. The summed E-state index contributed by atoms with van der Waals surface area (Å²) in [5.74, 6) is 0.113. The second kappa shape index (κ2) is 7.82. The van der Waals surface area contributed by atoms with Crippen LogP contribution in [0, 0.1) is 12.8 Å². The van der Waals surface area contributed by atoms with Gasteiger partial charge in [0.2, 0.25) is 5.91 Å². The minimum atomic E-state index is -0.305. The Labute approximate surface area is 189 Å². The summed E-state index contributed by atoms with van der Waals surface area (Å²) in [7, 11) is 0. The molecule has 3 aromatic rings. The summed E-state index contributed by atoms with van der Waals surface area (Å²) in [6.45, 7) is 2.05. The fourth-order valence-corrected chi connectivity index (χ4v) is 5.00. The maximum Gasteiger partial charge on any atom is 0.246 e. The van der Waals surface area contributed by atoms with E-state index in [2.05, 4.69) is 58.0 Å². The van der Waals surface area contributed by atoms with Gasteiger partial charge in [0.1, 0.15) is 6.04 Å². The number of rotatable bonds is 3. The van der Waals surface area contributed by atoms with E-state index in [0.717, 1.165) is 21.3 Å². The molecule has 3 aromatic carbocycles. The Balaban J connectivity index is 1.62. The van der Waals surface area contributed by atoms with E-state index in [1.54, 1.807) is 0 Å². The second-order valence-corrected chi connectivity index (χ2v) is 9.27. The van der Waals surface area contributed by atoms with Gasteiger partial charge in [-0.25, -0.2) is 10.9 Å². The van der Waals surface area contributed by atoms with Crippen molar-refractivity contribution in [2.24, 2.45) is 5.92 Å². The van der Waals surface area contributed by atoms with Gasteiger partial charge in [-0.2, -0.15) is 0 Å². The molecule has 2 N–H and O–H groups in total. The van der Waals surface area contributed by atoms with Gasteiger partial charge in [0.05, 0.1) is 12.1 Å². The third-order valence-corrected chi connectivity index (χ3v) is 6.84. The highest BCUT2D eigenvalue weighted by molar-refractivity contribution is 9.10. The molecule has 0 aliphatic carbocycles. The van der Waals surface area contributed by atoms with Crippen molar-refractivity contribution in [3.63, 3.8) is 0 Å². The zero-order valence-corrected chi connectivity index (χ0v) is 18.7. The predicted octanol–water partition coefficient (Wildman–Crippen LogP) is 5.33. The molecule has 0 bridgehead atoms. The first kappa shape index (κ1) is 19.8. The Morgan fingerprint density at radius 1 is 0.833 bits per heavy atom. The smallest absolute Gasteiger partial charge is 0.246 e. The van der Waals surface area contributed by atoms with Crippen LogP contribution >= 0.6 is 27.5 Å². The van der Waals surface area contributed by atoms with E-state index in [1.165, 1.54) is 5.56 Å². The van der Waals surface area contributed by atoms with Crippen LogP contribution in [0.1, 0.15) is 28.8 Å². The van der Waals surface area contributed by atoms with Gasteiger partial charge < -0.3 is 4.90 Å². The summed E-state index contributed by atoms with van der Waals surface area (Å²) in [6.07, 6.45) is 0. The zero-order chi connectivity index (χ0) is 20.8. The van der Waals surface area contributed by atoms with Gasteiger partial charge in [-0.05, 0) is 54.4 Å². The lowest BCUT2D eigenvalue weighted by Gasteiger charge is -2.31. The molecular formula is C24H21BrClN3O. The van der Waals surface area contributed by atoms with Crippen LogP contribution in [0.5, 0.6) is 0 Å². The fourth-order valence-electron chi connectivity index (χ4n) is 4.61. The van der Waals surface area contributed by atoms with Crippen molar-refractivity contribution >= 4 is 39.1 Å². The summed E-state index contributed by atoms with van der Waals surface area (Å²) in [4.78, 5) is 15.5. The largest absolute Gasteiger partial charge is 0.303 e. The van der Waals surface area contributed by atoms with Crippen LogP contribution in [-0.2, 0) is 4.79 Å². The highest BCUT2D eigenvalue weighted by Gasteiger charge is 2.55. The molecule has 4 atom stereocenters. The second-order valence-electron chi connectivity index (χ2n) is 7.91. The molecule has 0 aromatic heterocycles. The topological polar surface area (TPSA) is 44.4 Å². The van der Waals surface area contributed by atoms with Crippen LogP contribution < -0.4 is 15.8 Å². The first-order valence-electron chi connectivity index (χ1n) is 9.94. The lowest BCUT2D eigenvalue weighted by molar-refractivity contribution is -0.119. The lowest BCUT2D eigenvalue weighted by Crippen LogP contribution is -2.41. The number of aryl methyl sites for hydroxylation is 1. The summed E-state index contributed by atoms with van der Waals surface area (Å²) < 4.78 is 1.02. The van der Waals surface area contributed by atoms with Crippen LogP contribution in [0.3, 0.4) is 0 Å². The molecule has 1 amide bonds. The number of hydrogen-bond acceptors (Lipinski definition) is 3. The summed E-state index contributed by atoms with van der Waals surface area (Å²) in [5.41, 5.74) is 11.0. The maximum absolute atomic E-state index is 13.5. The normalized spacial score (nSPS) is 25.6. The Bertz CT molecular complexity index is 1070. The molecule has 2 fully saturated rings. The SMILES string of the molecule is Cc1ccc(N2C(=O)C3NNC(c4ccc(Cl)cc4)C3C2c2ccc(Br)cc2)cc1. The molecule has 0 radical (unpaired) electrons. The van der Waals surface area contributed by atoms with Gasteiger partial charge in [0.15, 0.2) is 0 Å². The van der Waals surface area contributed by atoms with E-state index < -0.39 is 0 Å². The zero-order valence-electron chi connectivity index (χ0n) is 16.3. The first-order chi connectivity index (χ1) is 14.5. The molecule has 2 heterocycles. The minimum absolute atomic E-state index is 0.0136. The van der Waals surface area contributed by atoms with Gasteiger partial charge in [-0.3, -0.25) is 4.79 Å². The summed E-state index contributed by atoms with van der Waals surface area (Å²) in [6, 6.07) is 23.9. The predicted molar refractivity (Wildman–Crippen MR) is 123 cm³/mol. The number of benzene rings is 3. The lowest BCUT2D eigenvalue weighted by atomic mass is 9.83. The Hall–Kier alpha value is -2.18. The summed E-state index contributed by atoms with van der Waals surface area (Å²) in [5, 5.41) is 0.703. The van der Waals surface area contributed by atoms with E-state index in [1.807, 2.05) is 53.4 Å². The molecule has 0 spiro atoms. The van der Waals surface area contributed by atoms with Crippen molar-refractivity contribution in [2.75, 3.05) is 4.90 Å². The number of carbonyl (C=O) groups is 1. The number of nitrogens with zero attached hydrogens (tertiary/aromatic N) is 1. The molecule has 152 valence electrons. The Morgan fingerprint density at radius 2 is 1.43 bits per heavy atom. The standard InChI is InChI=1S/C24H21BrClN3O/c1-14-2-12-19(13-3-14)29-23(16-4-8-17(25)9-5-16)20-21(27-28-22(20)24(29)30)15-6-10-18(26)11-7-15/h2-13,20-23,27-28H,1H3. The van der Waals surface area contributed by atoms with E-state index in [4.69, 9.17) is 11.6 Å². The van der Waals surface area contributed by atoms with Crippen LogP contribution in [-0.4, -0.2) is 11.9 Å². The number of nitrogens with one attached hydrogen (secondary N) is 2. The molecule has 4 nitrogen and oxygen atoms in total. The average Bonchev–Trinajstić information content (AvgIpc) is 3.29. The number of anilines is 1. The van der Waals surface area contributed by atoms with Gasteiger partial charge in [-0.15, -0.1) is 0 Å². The molecule has 5 rings (SSSR count). The Kier molecular flexibility index (Phi) is 5.15. The van der Waals surface area contributed by atoms with Gasteiger partial charge in [0.25, 0.3) is 0 Å². The van der Waals surface area contributed by atoms with Gasteiger partial charge in [0, 0.05) is 21.1 Å². The highest BCUT2D eigenvalue weighted by Crippen LogP contribution is 2.49. The highest BCUT2D eigenvalue weighted by atomic mass is 79.9. The van der Waals surface area contributed by atoms with Gasteiger partial charge in [-0.1, -0.05) is 69.5 Å². The van der Waals surface area contributed by atoms with E-state index in [-0.39, 0.29) is 30.0 Å².